The van der Waals surface area contributed by atoms with Crippen molar-refractivity contribution in [1.82, 2.24) is 5.32 Å². The highest BCUT2D eigenvalue weighted by molar-refractivity contribution is 5.64. The second-order valence-corrected chi connectivity index (χ2v) is 6.84. The fourth-order valence-electron chi connectivity index (χ4n) is 2.42. The van der Waals surface area contributed by atoms with Crippen LogP contribution in [0.5, 0.6) is 0 Å². The molecule has 116 valence electrons. The first kappa shape index (κ1) is 16.5. The minimum atomic E-state index is 0.226. The number of rotatable bonds is 6. The van der Waals surface area contributed by atoms with Gasteiger partial charge in [-0.25, -0.2) is 0 Å². The smallest absolute Gasteiger partial charge is 0.0205 e. The minimum Gasteiger partial charge on any atom is -0.312 e. The van der Waals surface area contributed by atoms with E-state index in [9.17, 15) is 0 Å². The molecule has 0 aromatic heterocycles. The fraction of sp³-hybridized carbons (Fsp3) is 0.333. The summed E-state index contributed by atoms with van der Waals surface area (Å²) in [4.78, 5) is 0. The summed E-state index contributed by atoms with van der Waals surface area (Å²) < 4.78 is 0. The van der Waals surface area contributed by atoms with Crippen LogP contribution < -0.4 is 5.32 Å². The summed E-state index contributed by atoms with van der Waals surface area (Å²) >= 11 is 0. The molecule has 0 saturated carbocycles. The van der Waals surface area contributed by atoms with Crippen molar-refractivity contribution >= 4 is 5.57 Å². The Bertz CT molecular complexity index is 588. The van der Waals surface area contributed by atoms with Crippen molar-refractivity contribution in [1.29, 1.82) is 0 Å². The van der Waals surface area contributed by atoms with Crippen LogP contribution in [-0.2, 0) is 11.8 Å². The molecule has 0 radical (unpaired) electrons. The van der Waals surface area contributed by atoms with Crippen LogP contribution in [0, 0.1) is 0 Å². The molecule has 0 saturated heterocycles. The van der Waals surface area contributed by atoms with Gasteiger partial charge in [0.05, 0.1) is 0 Å². The van der Waals surface area contributed by atoms with E-state index in [2.05, 4.69) is 81.2 Å². The van der Waals surface area contributed by atoms with Crippen molar-refractivity contribution < 1.29 is 0 Å². The molecule has 0 amide bonds. The van der Waals surface area contributed by atoms with Gasteiger partial charge in [0.15, 0.2) is 0 Å². The van der Waals surface area contributed by atoms with Gasteiger partial charge < -0.3 is 5.32 Å². The van der Waals surface area contributed by atoms with Crippen molar-refractivity contribution in [3.63, 3.8) is 0 Å². The van der Waals surface area contributed by atoms with Crippen LogP contribution in [0.1, 0.15) is 37.5 Å². The summed E-state index contributed by atoms with van der Waals surface area (Å²) in [5.74, 6) is 0. The maximum absolute atomic E-state index is 4.15. The largest absolute Gasteiger partial charge is 0.312 e. The highest BCUT2D eigenvalue weighted by Crippen LogP contribution is 2.22. The average molecular weight is 293 g/mol. The molecule has 0 fully saturated rings. The van der Waals surface area contributed by atoms with Crippen LogP contribution >= 0.6 is 0 Å². The molecule has 0 atom stereocenters. The summed E-state index contributed by atoms with van der Waals surface area (Å²) in [5.41, 5.74) is 5.35. The molecule has 1 heteroatoms. The molecule has 2 aromatic rings. The van der Waals surface area contributed by atoms with Gasteiger partial charge in [-0.1, -0.05) is 81.9 Å². The summed E-state index contributed by atoms with van der Waals surface area (Å²) in [7, 11) is 0. The maximum Gasteiger partial charge on any atom is 0.0205 e. The molecule has 2 rings (SSSR count). The zero-order valence-corrected chi connectivity index (χ0v) is 14.0. The predicted octanol–water partition coefficient (Wildman–Crippen LogP) is 4.83. The number of hydrogen-bond donors (Lipinski definition) is 1. The number of nitrogens with one attached hydrogen (secondary N) is 1. The molecular formula is C21H27N. The Morgan fingerprint density at radius 2 is 1.59 bits per heavy atom. The van der Waals surface area contributed by atoms with Crippen molar-refractivity contribution in [2.45, 2.75) is 32.6 Å². The lowest BCUT2D eigenvalue weighted by atomic mass is 9.86. The van der Waals surface area contributed by atoms with Gasteiger partial charge >= 0.3 is 0 Å². The van der Waals surface area contributed by atoms with Crippen molar-refractivity contribution in [3.05, 3.63) is 77.9 Å². The average Bonchev–Trinajstić information content (AvgIpc) is 2.52. The predicted molar refractivity (Wildman–Crippen MR) is 97.2 cm³/mol. The lowest BCUT2D eigenvalue weighted by molar-refractivity contribution is 0.590. The van der Waals surface area contributed by atoms with E-state index >= 15 is 0 Å². The first-order valence-corrected chi connectivity index (χ1v) is 8.00. The van der Waals surface area contributed by atoms with Crippen LogP contribution in [0.3, 0.4) is 0 Å². The Morgan fingerprint density at radius 3 is 2.18 bits per heavy atom. The van der Waals surface area contributed by atoms with Crippen molar-refractivity contribution in [3.8, 4) is 0 Å². The van der Waals surface area contributed by atoms with Crippen LogP contribution in [0.4, 0.5) is 0 Å². The fourth-order valence-corrected chi connectivity index (χ4v) is 2.42. The summed E-state index contributed by atoms with van der Waals surface area (Å²) in [6.45, 7) is 12.7. The van der Waals surface area contributed by atoms with Crippen molar-refractivity contribution in [2.75, 3.05) is 13.1 Å². The van der Waals surface area contributed by atoms with Gasteiger partial charge in [0.2, 0.25) is 0 Å². The third kappa shape index (κ3) is 4.85. The molecule has 22 heavy (non-hydrogen) atoms. The summed E-state index contributed by atoms with van der Waals surface area (Å²) in [5, 5.41) is 3.48. The zero-order valence-electron chi connectivity index (χ0n) is 14.0. The van der Waals surface area contributed by atoms with Gasteiger partial charge in [-0.15, -0.1) is 0 Å². The number of benzene rings is 2. The van der Waals surface area contributed by atoms with Gasteiger partial charge in [0.1, 0.15) is 0 Å². The third-order valence-electron chi connectivity index (χ3n) is 3.93. The normalized spacial score (nSPS) is 11.4. The highest BCUT2D eigenvalue weighted by Gasteiger charge is 2.12. The quantitative estimate of drug-likeness (QED) is 0.752. The van der Waals surface area contributed by atoms with Gasteiger partial charge in [-0.05, 0) is 40.6 Å². The van der Waals surface area contributed by atoms with E-state index in [-0.39, 0.29) is 5.41 Å². The van der Waals surface area contributed by atoms with Gasteiger partial charge in [0, 0.05) is 6.54 Å². The Labute approximate surface area is 135 Å². The first-order chi connectivity index (χ1) is 10.5. The van der Waals surface area contributed by atoms with Crippen LogP contribution in [0.15, 0.2) is 61.2 Å². The second kappa shape index (κ2) is 7.42. The van der Waals surface area contributed by atoms with E-state index in [0.717, 1.165) is 25.1 Å². The Balaban J connectivity index is 1.76. The van der Waals surface area contributed by atoms with E-state index in [4.69, 9.17) is 0 Å². The van der Waals surface area contributed by atoms with E-state index in [1.165, 1.54) is 16.7 Å². The Kier molecular flexibility index (Phi) is 5.57. The first-order valence-electron chi connectivity index (χ1n) is 8.00. The molecule has 1 N–H and O–H groups in total. The van der Waals surface area contributed by atoms with E-state index < -0.39 is 0 Å². The monoisotopic (exact) mass is 293 g/mol. The summed E-state index contributed by atoms with van der Waals surface area (Å²) in [6, 6.07) is 19.3. The Morgan fingerprint density at radius 1 is 0.955 bits per heavy atom. The van der Waals surface area contributed by atoms with E-state index in [0.29, 0.717) is 0 Å². The Hall–Kier alpha value is -1.86. The van der Waals surface area contributed by atoms with Crippen LogP contribution in [-0.4, -0.2) is 13.1 Å². The van der Waals surface area contributed by atoms with E-state index in [1.54, 1.807) is 0 Å². The highest BCUT2D eigenvalue weighted by atomic mass is 14.8. The van der Waals surface area contributed by atoms with Crippen molar-refractivity contribution in [2.24, 2.45) is 0 Å². The molecular weight excluding hydrogens is 266 g/mol. The third-order valence-corrected chi connectivity index (χ3v) is 3.93. The SMILES string of the molecule is C=C(CNCCc1ccc(C(C)(C)C)cc1)c1ccccc1. The standard InChI is InChI=1S/C21H27N/c1-17(19-8-6-5-7-9-19)16-22-15-14-18-10-12-20(13-11-18)21(2,3)4/h5-13,22H,1,14-16H2,2-4H3. The maximum atomic E-state index is 4.15. The molecule has 0 spiro atoms. The lowest BCUT2D eigenvalue weighted by Gasteiger charge is -2.19. The molecule has 0 aliphatic heterocycles. The van der Waals surface area contributed by atoms with Crippen LogP contribution in [0.2, 0.25) is 0 Å². The molecule has 2 aromatic carbocycles. The zero-order chi connectivity index (χ0) is 16.0. The van der Waals surface area contributed by atoms with E-state index in [1.807, 2.05) is 6.07 Å². The topological polar surface area (TPSA) is 12.0 Å². The summed E-state index contributed by atoms with van der Waals surface area (Å²) in [6.07, 6.45) is 1.05. The molecule has 1 nitrogen and oxygen atoms in total. The molecule has 0 unspecified atom stereocenters. The molecule has 0 heterocycles. The lowest BCUT2D eigenvalue weighted by Crippen LogP contribution is -2.19. The number of hydrogen-bond acceptors (Lipinski definition) is 1. The second-order valence-electron chi connectivity index (χ2n) is 6.84. The molecule has 0 aliphatic rings. The van der Waals surface area contributed by atoms with Crippen LogP contribution in [0.25, 0.3) is 5.57 Å². The van der Waals surface area contributed by atoms with Gasteiger partial charge in [-0.2, -0.15) is 0 Å². The van der Waals surface area contributed by atoms with Gasteiger partial charge in [-0.3, -0.25) is 0 Å². The minimum absolute atomic E-state index is 0.226. The molecule has 0 aliphatic carbocycles. The molecule has 0 bridgehead atoms. The van der Waals surface area contributed by atoms with Gasteiger partial charge in [0.25, 0.3) is 0 Å².